The Balaban J connectivity index is 2.10. The van der Waals surface area contributed by atoms with Gasteiger partial charge in [-0.25, -0.2) is 0 Å². The largest absolute Gasteiger partial charge is 0.309 e. The highest BCUT2D eigenvalue weighted by Gasteiger charge is 2.34. The van der Waals surface area contributed by atoms with Crippen molar-refractivity contribution in [3.05, 3.63) is 47.0 Å². The quantitative estimate of drug-likeness (QED) is 0.890. The average molecular weight is 307 g/mol. The summed E-state index contributed by atoms with van der Waals surface area (Å²) in [5.74, 6) is 0. The maximum atomic E-state index is 5.88. The van der Waals surface area contributed by atoms with Crippen LogP contribution in [0.3, 0.4) is 0 Å². The topological polar surface area (TPSA) is 15.3 Å². The first-order chi connectivity index (χ1) is 10.1. The summed E-state index contributed by atoms with van der Waals surface area (Å²) in [4.78, 5) is 2.58. The lowest BCUT2D eigenvalue weighted by Gasteiger charge is -2.46. The molecule has 2 atom stereocenters. The molecule has 2 rings (SSSR count). The van der Waals surface area contributed by atoms with Crippen LogP contribution in [0.25, 0.3) is 0 Å². The minimum atomic E-state index is 0.208. The van der Waals surface area contributed by atoms with Gasteiger partial charge in [-0.3, -0.25) is 4.90 Å². The molecule has 0 amide bonds. The first-order valence-electron chi connectivity index (χ1n) is 7.85. The van der Waals surface area contributed by atoms with Gasteiger partial charge in [0, 0.05) is 36.8 Å². The van der Waals surface area contributed by atoms with Gasteiger partial charge in [0.05, 0.1) is 0 Å². The van der Waals surface area contributed by atoms with Crippen LogP contribution >= 0.6 is 11.6 Å². The number of halogens is 1. The summed E-state index contributed by atoms with van der Waals surface area (Å²) in [6.45, 7) is 9.75. The SMILES string of the molecule is CCC1(C)CN(C/C(C)=C/Cl)C(Cc2ccccc2)CN1. The van der Waals surface area contributed by atoms with Crippen LogP contribution in [0, 0.1) is 0 Å². The van der Waals surface area contributed by atoms with Crippen molar-refractivity contribution in [3.63, 3.8) is 0 Å². The molecule has 2 nitrogen and oxygen atoms in total. The molecule has 0 spiro atoms. The van der Waals surface area contributed by atoms with Gasteiger partial charge < -0.3 is 5.32 Å². The zero-order valence-corrected chi connectivity index (χ0v) is 14.2. The number of rotatable bonds is 5. The van der Waals surface area contributed by atoms with Gasteiger partial charge in [0.25, 0.3) is 0 Å². The van der Waals surface area contributed by atoms with E-state index in [1.807, 2.05) is 0 Å². The van der Waals surface area contributed by atoms with E-state index in [0.29, 0.717) is 6.04 Å². The van der Waals surface area contributed by atoms with Crippen LogP contribution in [0.2, 0.25) is 0 Å². The molecule has 0 saturated carbocycles. The van der Waals surface area contributed by atoms with E-state index in [-0.39, 0.29) is 5.54 Å². The molecule has 21 heavy (non-hydrogen) atoms. The highest BCUT2D eigenvalue weighted by Crippen LogP contribution is 2.22. The van der Waals surface area contributed by atoms with Crippen LogP contribution in [0.5, 0.6) is 0 Å². The summed E-state index contributed by atoms with van der Waals surface area (Å²) >= 11 is 5.88. The average Bonchev–Trinajstić information content (AvgIpc) is 2.51. The van der Waals surface area contributed by atoms with Gasteiger partial charge in [0.15, 0.2) is 0 Å². The van der Waals surface area contributed by atoms with Crippen molar-refractivity contribution in [1.82, 2.24) is 10.2 Å². The molecule has 2 unspecified atom stereocenters. The van der Waals surface area contributed by atoms with Gasteiger partial charge in [-0.15, -0.1) is 0 Å². The molecule has 0 aliphatic carbocycles. The molecule has 3 heteroatoms. The molecule has 1 aromatic rings. The predicted octanol–water partition coefficient (Wildman–Crippen LogP) is 3.81. The Labute approximate surface area is 134 Å². The third kappa shape index (κ3) is 4.57. The van der Waals surface area contributed by atoms with Gasteiger partial charge >= 0.3 is 0 Å². The number of hydrogen-bond donors (Lipinski definition) is 1. The molecule has 1 aliphatic heterocycles. The summed E-state index contributed by atoms with van der Waals surface area (Å²) in [5, 5.41) is 3.74. The Morgan fingerprint density at radius 3 is 2.76 bits per heavy atom. The van der Waals surface area contributed by atoms with E-state index in [1.165, 1.54) is 11.1 Å². The van der Waals surface area contributed by atoms with Crippen LogP contribution in [-0.4, -0.2) is 36.1 Å². The molecule has 1 fully saturated rings. The van der Waals surface area contributed by atoms with Gasteiger partial charge in [-0.05, 0) is 37.8 Å². The smallest absolute Gasteiger partial charge is 0.0278 e. The molecule has 1 aromatic carbocycles. The van der Waals surface area contributed by atoms with Crippen molar-refractivity contribution in [2.45, 2.75) is 45.2 Å². The van der Waals surface area contributed by atoms with Crippen LogP contribution in [0.1, 0.15) is 32.8 Å². The lowest BCUT2D eigenvalue weighted by atomic mass is 9.91. The molecule has 1 heterocycles. The van der Waals surface area contributed by atoms with Crippen LogP contribution in [-0.2, 0) is 6.42 Å². The molecule has 1 N–H and O–H groups in total. The molecule has 1 aliphatic rings. The molecule has 116 valence electrons. The molecule has 0 aromatic heterocycles. The zero-order valence-electron chi connectivity index (χ0n) is 13.4. The molecule has 0 bridgehead atoms. The second kappa shape index (κ2) is 7.44. The van der Waals surface area contributed by atoms with E-state index in [4.69, 9.17) is 11.6 Å². The normalized spacial score (nSPS) is 27.8. The summed E-state index contributed by atoms with van der Waals surface area (Å²) in [6, 6.07) is 11.3. The van der Waals surface area contributed by atoms with Gasteiger partial charge in [-0.2, -0.15) is 0 Å². The maximum Gasteiger partial charge on any atom is 0.0278 e. The van der Waals surface area contributed by atoms with Crippen LogP contribution < -0.4 is 5.32 Å². The third-order valence-electron chi connectivity index (χ3n) is 4.57. The zero-order chi connectivity index (χ0) is 15.3. The maximum absolute atomic E-state index is 5.88. The monoisotopic (exact) mass is 306 g/mol. The summed E-state index contributed by atoms with van der Waals surface area (Å²) in [6.07, 6.45) is 2.23. The first-order valence-corrected chi connectivity index (χ1v) is 8.29. The highest BCUT2D eigenvalue weighted by atomic mass is 35.5. The lowest BCUT2D eigenvalue weighted by Crippen LogP contribution is -2.63. The summed E-state index contributed by atoms with van der Waals surface area (Å²) in [5.41, 5.74) is 4.56. The first kappa shape index (κ1) is 16.5. The van der Waals surface area contributed by atoms with E-state index in [9.17, 15) is 0 Å². The Hall–Kier alpha value is -0.830. The van der Waals surface area contributed by atoms with E-state index < -0.39 is 0 Å². The van der Waals surface area contributed by atoms with Crippen molar-refractivity contribution in [3.8, 4) is 0 Å². The molecular weight excluding hydrogens is 280 g/mol. The third-order valence-corrected chi connectivity index (χ3v) is 4.94. The van der Waals surface area contributed by atoms with Crippen molar-refractivity contribution < 1.29 is 0 Å². The fraction of sp³-hybridized carbons (Fsp3) is 0.556. The fourth-order valence-corrected chi connectivity index (χ4v) is 3.06. The summed E-state index contributed by atoms with van der Waals surface area (Å²) < 4.78 is 0. The molecular formula is C18H27ClN2. The minimum Gasteiger partial charge on any atom is -0.309 e. The number of nitrogens with one attached hydrogen (secondary N) is 1. The Bertz CT molecular complexity index is 471. The number of benzene rings is 1. The number of piperazine rings is 1. The van der Waals surface area contributed by atoms with E-state index in [1.54, 1.807) is 5.54 Å². The van der Waals surface area contributed by atoms with Crippen LogP contribution in [0.15, 0.2) is 41.4 Å². The van der Waals surface area contributed by atoms with Gasteiger partial charge in [-0.1, -0.05) is 48.9 Å². The Kier molecular flexibility index (Phi) is 5.86. The molecule has 0 radical (unpaired) electrons. The minimum absolute atomic E-state index is 0.208. The van der Waals surface area contributed by atoms with Crippen LogP contribution in [0.4, 0.5) is 0 Å². The van der Waals surface area contributed by atoms with E-state index >= 15 is 0 Å². The Morgan fingerprint density at radius 2 is 2.14 bits per heavy atom. The lowest BCUT2D eigenvalue weighted by molar-refractivity contribution is 0.0931. The second-order valence-corrected chi connectivity index (χ2v) is 6.72. The number of nitrogens with zero attached hydrogens (tertiary/aromatic N) is 1. The van der Waals surface area contributed by atoms with Crippen molar-refractivity contribution in [2.24, 2.45) is 0 Å². The van der Waals surface area contributed by atoms with Crippen molar-refractivity contribution in [1.29, 1.82) is 0 Å². The standard InChI is InChI=1S/C18H27ClN2/c1-4-18(3)14-21(13-15(2)11-19)17(12-20-18)10-16-8-6-5-7-9-16/h5-9,11,17,20H,4,10,12-14H2,1-3H3/b15-11+. The fourth-order valence-electron chi connectivity index (χ4n) is 2.99. The highest BCUT2D eigenvalue weighted by molar-refractivity contribution is 6.25. The molecule has 1 saturated heterocycles. The van der Waals surface area contributed by atoms with Gasteiger partial charge in [0.1, 0.15) is 0 Å². The summed E-state index contributed by atoms with van der Waals surface area (Å²) in [7, 11) is 0. The number of hydrogen-bond acceptors (Lipinski definition) is 2. The van der Waals surface area contributed by atoms with E-state index in [2.05, 4.69) is 61.3 Å². The predicted molar refractivity (Wildman–Crippen MR) is 91.8 cm³/mol. The van der Waals surface area contributed by atoms with Crippen molar-refractivity contribution in [2.75, 3.05) is 19.6 Å². The Morgan fingerprint density at radius 1 is 1.43 bits per heavy atom. The van der Waals surface area contributed by atoms with Gasteiger partial charge in [0.2, 0.25) is 0 Å². The van der Waals surface area contributed by atoms with E-state index in [0.717, 1.165) is 32.5 Å². The second-order valence-electron chi connectivity index (χ2n) is 6.50. The van der Waals surface area contributed by atoms with Crippen molar-refractivity contribution >= 4 is 11.6 Å².